The van der Waals surface area contributed by atoms with E-state index in [1.165, 1.54) is 12.8 Å². The molecule has 0 atom stereocenters. The number of hydrogen-bond donors (Lipinski definition) is 1. The number of rotatable bonds is 6. The second-order valence-corrected chi connectivity index (χ2v) is 11.4. The molecule has 0 fully saturated rings. The molecule has 0 saturated carbocycles. The second-order valence-electron chi connectivity index (χ2n) is 9.06. The lowest BCUT2D eigenvalue weighted by Crippen LogP contribution is -2.25. The van der Waals surface area contributed by atoms with Crippen molar-refractivity contribution in [3.05, 3.63) is 94.8 Å². The molecule has 0 bridgehead atoms. The van der Waals surface area contributed by atoms with E-state index in [2.05, 4.69) is 0 Å². The lowest BCUT2D eigenvalue weighted by atomic mass is 9.74. The van der Waals surface area contributed by atoms with Crippen molar-refractivity contribution in [2.75, 3.05) is 18.1 Å². The summed E-state index contributed by atoms with van der Waals surface area (Å²) in [5, 5.41) is 0. The molecule has 0 spiro atoms. The van der Waals surface area contributed by atoms with Crippen molar-refractivity contribution in [3.63, 3.8) is 0 Å². The minimum absolute atomic E-state index is 0.0731. The van der Waals surface area contributed by atoms with Gasteiger partial charge < -0.3 is 15.2 Å². The monoisotopic (exact) mass is 481 g/mol. The Kier molecular flexibility index (Phi) is 8.61. The molecule has 2 aromatic carbocycles. The van der Waals surface area contributed by atoms with Crippen LogP contribution in [0.4, 0.5) is 5.69 Å². The number of ether oxygens (including phenoxy) is 2. The van der Waals surface area contributed by atoms with Crippen LogP contribution >= 0.6 is 0 Å². The third-order valence-electron chi connectivity index (χ3n) is 5.90. The first-order chi connectivity index (χ1) is 16.2. The fourth-order valence-corrected chi connectivity index (χ4v) is 5.31. The smallest absolute Gasteiger partial charge is 0.174 e. The molecule has 2 aliphatic rings. The molecule has 0 unspecified atom stereocenters. The number of allylic oxidation sites excluding steroid dienone is 4. The molecule has 0 radical (unpaired) electrons. The molecule has 0 saturated heterocycles. The SMILES string of the molecule is C1=COCCC1.CCS(=O)(=O)C1=CC(OCc2ccccc2)=C(c2ccccc2N)C(C)(C)C1. The minimum Gasteiger partial charge on any atom is -0.502 e. The Morgan fingerprint density at radius 3 is 2.32 bits per heavy atom. The van der Waals surface area contributed by atoms with Crippen LogP contribution in [0.25, 0.3) is 5.57 Å². The van der Waals surface area contributed by atoms with Crippen LogP contribution in [0.15, 0.2) is 83.7 Å². The molecular weight excluding hydrogens is 446 g/mol. The first kappa shape index (κ1) is 25.6. The fraction of sp³-hybridized carbons (Fsp3) is 0.357. The van der Waals surface area contributed by atoms with Crippen LogP contribution in [0.2, 0.25) is 0 Å². The summed E-state index contributed by atoms with van der Waals surface area (Å²) in [7, 11) is -3.31. The van der Waals surface area contributed by atoms with Gasteiger partial charge in [0.05, 0.1) is 18.6 Å². The summed E-state index contributed by atoms with van der Waals surface area (Å²) in [6.07, 6.45) is 8.31. The van der Waals surface area contributed by atoms with Crippen LogP contribution in [0.5, 0.6) is 0 Å². The van der Waals surface area contributed by atoms with Crippen LogP contribution in [0.3, 0.4) is 0 Å². The predicted molar refractivity (Wildman–Crippen MR) is 139 cm³/mol. The Hall–Kier alpha value is -2.99. The van der Waals surface area contributed by atoms with Gasteiger partial charge in [-0.1, -0.05) is 69.3 Å². The van der Waals surface area contributed by atoms with Gasteiger partial charge >= 0.3 is 0 Å². The normalized spacial score (nSPS) is 17.2. The maximum absolute atomic E-state index is 12.6. The average molecular weight is 482 g/mol. The quantitative estimate of drug-likeness (QED) is 0.493. The van der Waals surface area contributed by atoms with Gasteiger partial charge in [0, 0.05) is 21.7 Å². The lowest BCUT2D eigenvalue weighted by Gasteiger charge is -2.35. The Morgan fingerprint density at radius 2 is 1.76 bits per heavy atom. The maximum Gasteiger partial charge on any atom is 0.174 e. The molecule has 0 aromatic heterocycles. The molecule has 1 aliphatic carbocycles. The number of para-hydroxylation sites is 1. The molecule has 6 heteroatoms. The van der Waals surface area contributed by atoms with Gasteiger partial charge in [0.25, 0.3) is 0 Å². The third kappa shape index (κ3) is 6.54. The van der Waals surface area contributed by atoms with Gasteiger partial charge in [-0.3, -0.25) is 0 Å². The Labute approximate surface area is 203 Å². The summed E-state index contributed by atoms with van der Waals surface area (Å²) in [5.41, 5.74) is 9.33. The van der Waals surface area contributed by atoms with Crippen molar-refractivity contribution in [1.29, 1.82) is 0 Å². The van der Waals surface area contributed by atoms with Crippen molar-refractivity contribution in [3.8, 4) is 0 Å². The fourth-order valence-electron chi connectivity index (χ4n) is 4.07. The second kappa shape index (κ2) is 11.4. The molecule has 0 amide bonds. The van der Waals surface area contributed by atoms with E-state index in [0.29, 0.717) is 29.4 Å². The van der Waals surface area contributed by atoms with Crippen LogP contribution < -0.4 is 5.73 Å². The van der Waals surface area contributed by atoms with Crippen LogP contribution in [0.1, 0.15) is 51.2 Å². The van der Waals surface area contributed by atoms with E-state index in [1.807, 2.05) is 74.5 Å². The zero-order chi connectivity index (χ0) is 24.6. The number of benzene rings is 2. The Balaban J connectivity index is 0.000000469. The number of nitrogens with two attached hydrogens (primary N) is 1. The minimum atomic E-state index is -3.31. The van der Waals surface area contributed by atoms with Gasteiger partial charge in [-0.25, -0.2) is 8.42 Å². The summed E-state index contributed by atoms with van der Waals surface area (Å²) in [6.45, 7) is 7.02. The van der Waals surface area contributed by atoms with E-state index in [-0.39, 0.29) is 5.75 Å². The van der Waals surface area contributed by atoms with Gasteiger partial charge in [0.1, 0.15) is 12.4 Å². The van der Waals surface area contributed by atoms with Crippen molar-refractivity contribution in [2.24, 2.45) is 5.41 Å². The molecule has 4 rings (SSSR count). The summed E-state index contributed by atoms with van der Waals surface area (Å²) in [6, 6.07) is 17.5. The highest BCUT2D eigenvalue weighted by molar-refractivity contribution is 7.95. The van der Waals surface area contributed by atoms with Gasteiger partial charge in [0.15, 0.2) is 9.84 Å². The first-order valence-electron chi connectivity index (χ1n) is 11.7. The highest BCUT2D eigenvalue weighted by Gasteiger charge is 2.37. The summed E-state index contributed by atoms with van der Waals surface area (Å²) in [5.74, 6) is 0.647. The van der Waals surface area contributed by atoms with Crippen molar-refractivity contribution in [1.82, 2.24) is 0 Å². The topological polar surface area (TPSA) is 78.6 Å². The summed E-state index contributed by atoms with van der Waals surface area (Å²) >= 11 is 0. The van der Waals surface area contributed by atoms with Gasteiger partial charge in [-0.2, -0.15) is 0 Å². The van der Waals surface area contributed by atoms with Crippen LogP contribution in [-0.4, -0.2) is 20.8 Å². The van der Waals surface area contributed by atoms with E-state index in [9.17, 15) is 8.42 Å². The summed E-state index contributed by atoms with van der Waals surface area (Å²) < 4.78 is 36.3. The number of nitrogen functional groups attached to an aromatic ring is 1. The zero-order valence-corrected chi connectivity index (χ0v) is 21.1. The third-order valence-corrected chi connectivity index (χ3v) is 7.72. The highest BCUT2D eigenvalue weighted by atomic mass is 32.2. The van der Waals surface area contributed by atoms with Crippen molar-refractivity contribution >= 4 is 21.1 Å². The van der Waals surface area contributed by atoms with E-state index >= 15 is 0 Å². The molecular formula is C28H35NO4S. The van der Waals surface area contributed by atoms with E-state index < -0.39 is 15.3 Å². The number of sulfone groups is 1. The van der Waals surface area contributed by atoms with E-state index in [0.717, 1.165) is 23.3 Å². The molecule has 2 aromatic rings. The number of hydrogen-bond acceptors (Lipinski definition) is 5. The maximum atomic E-state index is 12.6. The van der Waals surface area contributed by atoms with Crippen molar-refractivity contribution in [2.45, 2.75) is 46.6 Å². The molecule has 5 nitrogen and oxygen atoms in total. The van der Waals surface area contributed by atoms with E-state index in [4.69, 9.17) is 15.2 Å². The van der Waals surface area contributed by atoms with E-state index in [1.54, 1.807) is 19.3 Å². The lowest BCUT2D eigenvalue weighted by molar-refractivity contribution is 0.206. The number of anilines is 1. The molecule has 34 heavy (non-hydrogen) atoms. The first-order valence-corrected chi connectivity index (χ1v) is 13.4. The van der Waals surface area contributed by atoms with Crippen LogP contribution in [-0.2, 0) is 25.9 Å². The Bertz CT molecular complexity index is 1150. The molecule has 2 N–H and O–H groups in total. The van der Waals surface area contributed by atoms with Crippen LogP contribution in [0, 0.1) is 5.41 Å². The molecule has 1 heterocycles. The summed E-state index contributed by atoms with van der Waals surface area (Å²) in [4.78, 5) is 0.418. The van der Waals surface area contributed by atoms with Gasteiger partial charge in [0.2, 0.25) is 0 Å². The average Bonchev–Trinajstić information content (AvgIpc) is 2.85. The van der Waals surface area contributed by atoms with Gasteiger partial charge in [-0.05, 0) is 48.5 Å². The predicted octanol–water partition coefficient (Wildman–Crippen LogP) is 6.26. The molecule has 1 aliphatic heterocycles. The highest BCUT2D eigenvalue weighted by Crippen LogP contribution is 2.48. The van der Waals surface area contributed by atoms with Gasteiger partial charge in [-0.15, -0.1) is 0 Å². The Morgan fingerprint density at radius 1 is 1.06 bits per heavy atom. The largest absolute Gasteiger partial charge is 0.502 e. The standard InChI is InChI=1S/C23H27NO3S.C5H8O/c1-4-28(25,26)18-14-21(27-16-17-10-6-5-7-11-17)22(23(2,3)15-18)19-12-8-9-13-20(19)24;1-2-4-6-5-3-1/h5-14H,4,15-16,24H2,1-3H3;2,4H,1,3,5H2. The molecule has 182 valence electrons. The zero-order valence-electron chi connectivity index (χ0n) is 20.3. The van der Waals surface area contributed by atoms with Crippen molar-refractivity contribution < 1.29 is 17.9 Å².